The summed E-state index contributed by atoms with van der Waals surface area (Å²) in [5.74, 6) is 0.840. The zero-order chi connectivity index (χ0) is 13.0. The fourth-order valence-corrected chi connectivity index (χ4v) is 3.24. The summed E-state index contributed by atoms with van der Waals surface area (Å²) >= 11 is 5.08. The van der Waals surface area contributed by atoms with E-state index in [0.29, 0.717) is 13.0 Å². The first-order valence-corrected chi connectivity index (χ1v) is 7.45. The van der Waals surface area contributed by atoms with E-state index in [4.69, 9.17) is 4.74 Å². The Kier molecular flexibility index (Phi) is 4.80. The highest BCUT2D eigenvalue weighted by atomic mass is 79.9. The third kappa shape index (κ3) is 3.57. The topological polar surface area (TPSA) is 29.5 Å². The van der Waals surface area contributed by atoms with E-state index in [2.05, 4.69) is 15.9 Å². The number of thiophene rings is 1. The molecular formula is C14H15BrO2S. The van der Waals surface area contributed by atoms with E-state index in [1.165, 1.54) is 4.88 Å². The lowest BCUT2D eigenvalue weighted by Crippen LogP contribution is -2.00. The molecule has 0 aliphatic rings. The molecule has 2 aromatic rings. The average Bonchev–Trinajstić information content (AvgIpc) is 2.76. The van der Waals surface area contributed by atoms with Crippen LogP contribution in [0.4, 0.5) is 0 Å². The smallest absolute Gasteiger partial charge is 0.119 e. The molecule has 0 aliphatic carbocycles. The molecule has 0 saturated carbocycles. The third-order valence-corrected chi connectivity index (χ3v) is 4.25. The molecule has 96 valence electrons. The molecule has 0 amide bonds. The Balaban J connectivity index is 2.02. The molecule has 0 fully saturated rings. The number of aliphatic hydroxyl groups excluding tert-OH is 1. The van der Waals surface area contributed by atoms with Crippen molar-refractivity contribution < 1.29 is 9.84 Å². The molecule has 2 nitrogen and oxygen atoms in total. The summed E-state index contributed by atoms with van der Waals surface area (Å²) in [6.45, 7) is 2.61. The summed E-state index contributed by atoms with van der Waals surface area (Å²) in [5, 5.41) is 10.2. The number of halogens is 1. The van der Waals surface area contributed by atoms with Gasteiger partial charge in [0.1, 0.15) is 5.75 Å². The lowest BCUT2D eigenvalue weighted by atomic mass is 10.1. The van der Waals surface area contributed by atoms with Gasteiger partial charge in [-0.15, -0.1) is 11.3 Å². The molecule has 18 heavy (non-hydrogen) atoms. The molecule has 1 aromatic carbocycles. The van der Waals surface area contributed by atoms with Crippen molar-refractivity contribution >= 4 is 27.3 Å². The van der Waals surface area contributed by atoms with E-state index in [0.717, 1.165) is 15.1 Å². The minimum Gasteiger partial charge on any atom is -0.494 e. The predicted octanol–water partition coefficient (Wildman–Crippen LogP) is 4.19. The van der Waals surface area contributed by atoms with Crippen LogP contribution in [0.5, 0.6) is 5.75 Å². The summed E-state index contributed by atoms with van der Waals surface area (Å²) in [6, 6.07) is 11.7. The molecule has 0 aliphatic heterocycles. The van der Waals surface area contributed by atoms with Crippen LogP contribution in [0.2, 0.25) is 0 Å². The van der Waals surface area contributed by atoms with E-state index >= 15 is 0 Å². The Labute approximate surface area is 119 Å². The highest BCUT2D eigenvalue weighted by Gasteiger charge is 2.10. The van der Waals surface area contributed by atoms with E-state index in [1.54, 1.807) is 11.3 Å². The molecule has 1 aromatic heterocycles. The van der Waals surface area contributed by atoms with Crippen molar-refractivity contribution in [3.8, 4) is 5.75 Å². The van der Waals surface area contributed by atoms with Crippen molar-refractivity contribution in [1.82, 2.24) is 0 Å². The fourth-order valence-electron chi connectivity index (χ4n) is 1.72. The first-order valence-electron chi connectivity index (χ1n) is 5.84. The highest BCUT2D eigenvalue weighted by molar-refractivity contribution is 9.11. The van der Waals surface area contributed by atoms with Crippen LogP contribution in [-0.4, -0.2) is 11.7 Å². The van der Waals surface area contributed by atoms with Crippen molar-refractivity contribution in [3.63, 3.8) is 0 Å². The Morgan fingerprint density at radius 3 is 2.50 bits per heavy atom. The van der Waals surface area contributed by atoms with Crippen molar-refractivity contribution in [2.24, 2.45) is 0 Å². The van der Waals surface area contributed by atoms with Gasteiger partial charge in [-0.3, -0.25) is 0 Å². The van der Waals surface area contributed by atoms with Gasteiger partial charge in [-0.1, -0.05) is 12.1 Å². The maximum Gasteiger partial charge on any atom is 0.119 e. The van der Waals surface area contributed by atoms with Gasteiger partial charge in [0, 0.05) is 11.3 Å². The average molecular weight is 327 g/mol. The molecule has 0 radical (unpaired) electrons. The minimum absolute atomic E-state index is 0.466. The molecule has 1 N–H and O–H groups in total. The molecule has 0 spiro atoms. The summed E-state index contributed by atoms with van der Waals surface area (Å²) in [6.07, 6.45) is 0.177. The third-order valence-electron chi connectivity index (χ3n) is 2.60. The molecule has 0 saturated heterocycles. The normalized spacial score (nSPS) is 12.4. The number of rotatable bonds is 5. The second kappa shape index (κ2) is 6.36. The molecule has 1 heterocycles. The first kappa shape index (κ1) is 13.6. The number of hydrogen-bond donors (Lipinski definition) is 1. The predicted molar refractivity (Wildman–Crippen MR) is 78.3 cm³/mol. The van der Waals surface area contributed by atoms with Crippen LogP contribution in [0.3, 0.4) is 0 Å². The lowest BCUT2D eigenvalue weighted by molar-refractivity contribution is 0.179. The van der Waals surface area contributed by atoms with Gasteiger partial charge in [0.15, 0.2) is 0 Å². The summed E-state index contributed by atoms with van der Waals surface area (Å²) in [4.78, 5) is 1.17. The van der Waals surface area contributed by atoms with E-state index in [1.807, 2.05) is 43.3 Å². The van der Waals surface area contributed by atoms with E-state index in [-0.39, 0.29) is 0 Å². The Morgan fingerprint density at radius 1 is 1.22 bits per heavy atom. The zero-order valence-electron chi connectivity index (χ0n) is 10.1. The van der Waals surface area contributed by atoms with Gasteiger partial charge in [0.25, 0.3) is 0 Å². The van der Waals surface area contributed by atoms with Crippen molar-refractivity contribution in [2.45, 2.75) is 19.4 Å². The van der Waals surface area contributed by atoms with Crippen LogP contribution in [-0.2, 0) is 6.42 Å². The van der Waals surface area contributed by atoms with Gasteiger partial charge in [-0.2, -0.15) is 0 Å². The van der Waals surface area contributed by atoms with Gasteiger partial charge in [-0.25, -0.2) is 0 Å². The van der Waals surface area contributed by atoms with Crippen LogP contribution < -0.4 is 4.74 Å². The molecule has 2 rings (SSSR count). The molecule has 0 bridgehead atoms. The standard InChI is InChI=1S/C14H15BrO2S/c1-2-17-11-5-3-10(4-6-11)13(16)9-12-7-8-14(15)18-12/h3-8,13,16H,2,9H2,1H3. The van der Waals surface area contributed by atoms with Gasteiger partial charge < -0.3 is 9.84 Å². The molecular weight excluding hydrogens is 312 g/mol. The van der Waals surface area contributed by atoms with Gasteiger partial charge in [0.05, 0.1) is 16.5 Å². The number of ether oxygens (including phenoxy) is 1. The maximum atomic E-state index is 10.2. The first-order chi connectivity index (χ1) is 8.69. The largest absolute Gasteiger partial charge is 0.494 e. The lowest BCUT2D eigenvalue weighted by Gasteiger charge is -2.10. The maximum absolute atomic E-state index is 10.2. The van der Waals surface area contributed by atoms with Gasteiger partial charge in [0.2, 0.25) is 0 Å². The van der Waals surface area contributed by atoms with E-state index < -0.39 is 6.10 Å². The van der Waals surface area contributed by atoms with Crippen molar-refractivity contribution in [3.05, 3.63) is 50.6 Å². The quantitative estimate of drug-likeness (QED) is 0.892. The number of aliphatic hydroxyl groups is 1. The second-order valence-corrected chi connectivity index (χ2v) is 6.48. The molecule has 1 atom stereocenters. The molecule has 1 unspecified atom stereocenters. The van der Waals surface area contributed by atoms with E-state index in [9.17, 15) is 5.11 Å². The second-order valence-electron chi connectivity index (χ2n) is 3.93. The Hall–Kier alpha value is -0.840. The van der Waals surface area contributed by atoms with Gasteiger partial charge in [-0.05, 0) is 52.7 Å². The Morgan fingerprint density at radius 2 is 1.94 bits per heavy atom. The van der Waals surface area contributed by atoms with Crippen LogP contribution >= 0.6 is 27.3 Å². The van der Waals surface area contributed by atoms with Crippen LogP contribution in [0.25, 0.3) is 0 Å². The number of benzene rings is 1. The van der Waals surface area contributed by atoms with Crippen molar-refractivity contribution in [1.29, 1.82) is 0 Å². The summed E-state index contributed by atoms with van der Waals surface area (Å²) < 4.78 is 6.47. The zero-order valence-corrected chi connectivity index (χ0v) is 12.5. The van der Waals surface area contributed by atoms with Crippen LogP contribution in [0.1, 0.15) is 23.5 Å². The van der Waals surface area contributed by atoms with Gasteiger partial charge >= 0.3 is 0 Å². The number of hydrogen-bond acceptors (Lipinski definition) is 3. The monoisotopic (exact) mass is 326 g/mol. The molecule has 4 heteroatoms. The minimum atomic E-state index is -0.466. The summed E-state index contributed by atoms with van der Waals surface area (Å²) in [7, 11) is 0. The Bertz CT molecular complexity index is 493. The van der Waals surface area contributed by atoms with Crippen LogP contribution in [0.15, 0.2) is 40.2 Å². The van der Waals surface area contributed by atoms with Crippen molar-refractivity contribution in [2.75, 3.05) is 6.61 Å². The summed E-state index contributed by atoms with van der Waals surface area (Å²) in [5.41, 5.74) is 0.919. The SMILES string of the molecule is CCOc1ccc(C(O)Cc2ccc(Br)s2)cc1. The van der Waals surface area contributed by atoms with Crippen LogP contribution in [0, 0.1) is 0 Å². The highest BCUT2D eigenvalue weighted by Crippen LogP contribution is 2.27. The fraction of sp³-hybridized carbons (Fsp3) is 0.286.